The summed E-state index contributed by atoms with van der Waals surface area (Å²) in [7, 11) is -4.35. The maximum Gasteiger partial charge on any atom is 0.475 e. The first-order valence-corrected chi connectivity index (χ1v) is 14.4. The van der Waals surface area contributed by atoms with Crippen molar-refractivity contribution in [2.24, 2.45) is 0 Å². The third-order valence-corrected chi connectivity index (χ3v) is 8.62. The molecule has 2 fully saturated rings. The largest absolute Gasteiger partial charge is 0.475 e. The number of nitrogens with zero attached hydrogens (tertiary/aromatic N) is 2. The number of hydrogen-bond donors (Lipinski definition) is 4. The predicted octanol–water partition coefficient (Wildman–Crippen LogP) is -0.814. The average Bonchev–Trinajstić information content (AvgIpc) is 3.48. The van der Waals surface area contributed by atoms with Gasteiger partial charge in [-0.15, -0.1) is 0 Å². The van der Waals surface area contributed by atoms with Crippen LogP contribution in [0.2, 0.25) is 0 Å². The van der Waals surface area contributed by atoms with E-state index in [0.717, 1.165) is 4.57 Å². The minimum Gasteiger partial charge on any atom is -0.394 e. The molecule has 5 heterocycles. The van der Waals surface area contributed by atoms with Gasteiger partial charge in [-0.1, -0.05) is 0 Å². The van der Waals surface area contributed by atoms with Crippen LogP contribution in [-0.2, 0) is 34.0 Å². The Labute approximate surface area is 226 Å². The van der Waals surface area contributed by atoms with Crippen LogP contribution in [-0.4, -0.2) is 73.6 Å². The third kappa shape index (κ3) is 5.99. The van der Waals surface area contributed by atoms with Gasteiger partial charge in [0.15, 0.2) is 0 Å². The molecule has 2 aromatic heterocycles. The summed E-state index contributed by atoms with van der Waals surface area (Å²) in [4.78, 5) is 53.2. The summed E-state index contributed by atoms with van der Waals surface area (Å²) in [5.74, 6) is 0. The molecule has 40 heavy (non-hydrogen) atoms. The lowest BCUT2D eigenvalue weighted by Gasteiger charge is -2.25. The maximum absolute atomic E-state index is 13.7. The van der Waals surface area contributed by atoms with Crippen LogP contribution in [0.25, 0.3) is 0 Å². The molecule has 5 rings (SSSR count). The van der Waals surface area contributed by atoms with Crippen LogP contribution in [0.15, 0.2) is 31.6 Å². The van der Waals surface area contributed by atoms with Crippen molar-refractivity contribution in [3.05, 3.63) is 65.2 Å². The highest BCUT2D eigenvalue weighted by Crippen LogP contribution is 2.53. The molecule has 16 nitrogen and oxygen atoms in total. The number of aromatic amines is 2. The topological polar surface area (TPSA) is 213 Å². The Balaban J connectivity index is 1.35. The van der Waals surface area contributed by atoms with Gasteiger partial charge in [-0.3, -0.25) is 42.3 Å². The second kappa shape index (κ2) is 11.7. The summed E-state index contributed by atoms with van der Waals surface area (Å²) >= 11 is 0. The second-order valence-electron chi connectivity index (χ2n) is 9.96. The van der Waals surface area contributed by atoms with Crippen molar-refractivity contribution in [3.63, 3.8) is 0 Å². The minimum absolute atomic E-state index is 0.0174. The first kappa shape index (κ1) is 28.8. The number of aryl methyl sites for hydroxylation is 2. The summed E-state index contributed by atoms with van der Waals surface area (Å²) in [6, 6.07) is 0. The molecule has 17 heteroatoms. The first-order valence-electron chi connectivity index (χ1n) is 12.9. The van der Waals surface area contributed by atoms with E-state index in [2.05, 4.69) is 9.97 Å². The Kier molecular flexibility index (Phi) is 8.40. The molecule has 220 valence electrons. The number of fused-ring (bicyclic) bond motifs is 5. The van der Waals surface area contributed by atoms with Crippen LogP contribution >= 0.6 is 7.82 Å². The van der Waals surface area contributed by atoms with E-state index >= 15 is 0 Å². The Hall–Kier alpha value is -2.69. The first-order chi connectivity index (χ1) is 19.1. The van der Waals surface area contributed by atoms with Crippen molar-refractivity contribution in [2.75, 3.05) is 19.8 Å². The van der Waals surface area contributed by atoms with Crippen molar-refractivity contribution in [1.82, 2.24) is 19.1 Å². The number of rotatable bonds is 4. The van der Waals surface area contributed by atoms with Gasteiger partial charge in [0.2, 0.25) is 0 Å². The molecule has 0 aliphatic carbocycles. The van der Waals surface area contributed by atoms with Crippen LogP contribution in [0.5, 0.6) is 0 Å². The predicted molar refractivity (Wildman–Crippen MR) is 135 cm³/mol. The van der Waals surface area contributed by atoms with E-state index in [1.807, 2.05) is 0 Å². The second-order valence-corrected chi connectivity index (χ2v) is 11.6. The molecule has 0 amide bonds. The lowest BCUT2D eigenvalue weighted by molar-refractivity contribution is -0.0603. The van der Waals surface area contributed by atoms with Crippen LogP contribution < -0.4 is 22.5 Å². The monoisotopic (exact) mass is 586 g/mol. The van der Waals surface area contributed by atoms with Gasteiger partial charge in [0.05, 0.1) is 25.9 Å². The Morgan fingerprint density at radius 1 is 1.00 bits per heavy atom. The van der Waals surface area contributed by atoms with E-state index in [1.54, 1.807) is 0 Å². The summed E-state index contributed by atoms with van der Waals surface area (Å²) < 4.78 is 44.5. The van der Waals surface area contributed by atoms with Crippen LogP contribution in [0.3, 0.4) is 0 Å². The Morgan fingerprint density at radius 3 is 2.45 bits per heavy atom. The minimum atomic E-state index is -4.35. The smallest absolute Gasteiger partial charge is 0.394 e. The zero-order chi connectivity index (χ0) is 28.6. The zero-order valence-electron chi connectivity index (χ0n) is 21.6. The molecule has 0 aromatic carbocycles. The molecule has 1 unspecified atom stereocenters. The normalized spacial score (nSPS) is 33.1. The van der Waals surface area contributed by atoms with Gasteiger partial charge in [-0.05, 0) is 26.2 Å². The standard InChI is InChI=1S/C23H31N4O12P/c1-12-8-26(22(32)24-20(12)30)19-7-15(16(10-28)37-19)39-40(34)35-5-3-2-4-13-9-27(23(33)25-21(13)31)18-6-14(29)17(38-18)11-36-40/h8-9,14-19,28-29H,2-7,10-11H2,1H3,(H,24,30,32)(H,25,31,33)/t14-,15-,16+,17+,18+,19+,40?/m0/s1. The van der Waals surface area contributed by atoms with Crippen molar-refractivity contribution in [1.29, 1.82) is 0 Å². The van der Waals surface area contributed by atoms with Crippen LogP contribution in [0, 0.1) is 6.92 Å². The quantitative estimate of drug-likeness (QED) is 0.324. The number of ether oxygens (including phenoxy) is 2. The van der Waals surface area contributed by atoms with Gasteiger partial charge in [0.25, 0.3) is 11.1 Å². The van der Waals surface area contributed by atoms with Crippen molar-refractivity contribution in [2.45, 2.75) is 75.9 Å². The molecular formula is C23H31N4O12P. The number of aliphatic hydroxyl groups is 2. The molecule has 0 saturated carbocycles. The molecule has 3 aliphatic rings. The highest BCUT2D eigenvalue weighted by molar-refractivity contribution is 7.48. The summed E-state index contributed by atoms with van der Waals surface area (Å²) in [5.41, 5.74) is -1.86. The molecule has 3 aliphatic heterocycles. The van der Waals surface area contributed by atoms with Gasteiger partial charge in [0, 0.05) is 36.4 Å². The number of aliphatic hydroxyl groups excluding tert-OH is 2. The van der Waals surface area contributed by atoms with Crippen molar-refractivity contribution >= 4 is 7.82 Å². The number of hydrogen-bond acceptors (Lipinski definition) is 12. The van der Waals surface area contributed by atoms with E-state index in [1.165, 1.54) is 23.9 Å². The van der Waals surface area contributed by atoms with Crippen molar-refractivity contribution < 1.29 is 37.8 Å². The summed E-state index contributed by atoms with van der Waals surface area (Å²) in [5, 5.41) is 20.4. The molecule has 4 N–H and O–H groups in total. The summed E-state index contributed by atoms with van der Waals surface area (Å²) in [6.45, 7) is 0.485. The lowest BCUT2D eigenvalue weighted by atomic mass is 10.1. The van der Waals surface area contributed by atoms with Gasteiger partial charge in [0.1, 0.15) is 30.8 Å². The third-order valence-electron chi connectivity index (χ3n) is 7.12. The highest BCUT2D eigenvalue weighted by Gasteiger charge is 2.44. The fraction of sp³-hybridized carbons (Fsp3) is 0.652. The fourth-order valence-electron chi connectivity index (χ4n) is 4.92. The maximum atomic E-state index is 13.7. The zero-order valence-corrected chi connectivity index (χ0v) is 22.5. The SMILES string of the molecule is Cc1cn([C@H]2C[C@H](OP3(=O)OCCCCc4cn(c(=O)[nH]c4=O)[C@H]4C[C@H](O)[C@@H](CO3)O4)[C@@H](CO)O2)c(=O)[nH]c1=O. The van der Waals surface area contributed by atoms with E-state index in [4.69, 9.17) is 23.0 Å². The number of nitrogens with one attached hydrogen (secondary N) is 2. The number of phosphoric ester groups is 1. The Bertz CT molecular complexity index is 1510. The van der Waals surface area contributed by atoms with Gasteiger partial charge in [-0.25, -0.2) is 14.2 Å². The van der Waals surface area contributed by atoms with E-state index in [9.17, 15) is 34.0 Å². The molecule has 4 bridgehead atoms. The average molecular weight is 586 g/mol. The highest BCUT2D eigenvalue weighted by atomic mass is 31.2. The molecule has 0 radical (unpaired) electrons. The lowest BCUT2D eigenvalue weighted by Crippen LogP contribution is -2.34. The van der Waals surface area contributed by atoms with E-state index in [0.29, 0.717) is 24.8 Å². The molecule has 7 atom stereocenters. The van der Waals surface area contributed by atoms with Gasteiger partial charge < -0.3 is 19.7 Å². The number of phosphoric acid groups is 1. The molecule has 2 aromatic rings. The fourth-order valence-corrected chi connectivity index (χ4v) is 6.36. The molecule has 2 saturated heterocycles. The van der Waals surface area contributed by atoms with Crippen molar-refractivity contribution in [3.8, 4) is 0 Å². The number of aromatic nitrogens is 4. The van der Waals surface area contributed by atoms with E-state index in [-0.39, 0.29) is 25.0 Å². The molecule has 0 spiro atoms. The van der Waals surface area contributed by atoms with Crippen LogP contribution in [0.1, 0.15) is 49.3 Å². The van der Waals surface area contributed by atoms with E-state index < -0.39 is 80.4 Å². The molecular weight excluding hydrogens is 555 g/mol. The van der Waals surface area contributed by atoms with Gasteiger partial charge >= 0.3 is 19.2 Å². The number of H-pyrrole nitrogens is 2. The van der Waals surface area contributed by atoms with Crippen LogP contribution in [0.4, 0.5) is 0 Å². The summed E-state index contributed by atoms with van der Waals surface area (Å²) in [6.07, 6.45) is -2.13. The van der Waals surface area contributed by atoms with Gasteiger partial charge in [-0.2, -0.15) is 0 Å². The Morgan fingerprint density at radius 2 is 1.70 bits per heavy atom.